The molecule has 1 saturated carbocycles. The largest absolute Gasteiger partial charge is 0.478 e. The summed E-state index contributed by atoms with van der Waals surface area (Å²) < 4.78 is 30.4. The van der Waals surface area contributed by atoms with Crippen molar-refractivity contribution in [3.05, 3.63) is 74.4 Å². The Balaban J connectivity index is 1.82. The van der Waals surface area contributed by atoms with Crippen LogP contribution in [0.2, 0.25) is 0 Å². The van der Waals surface area contributed by atoms with Crippen molar-refractivity contribution >= 4 is 26.9 Å². The number of aromatic carboxylic acids is 1. The van der Waals surface area contributed by atoms with Gasteiger partial charge in [-0.15, -0.1) is 0 Å². The summed E-state index contributed by atoms with van der Waals surface area (Å²) in [5.74, 6) is -1.06. The predicted octanol–water partition coefficient (Wildman–Crippen LogP) is 1.28. The number of hydrogen-bond acceptors (Lipinski definition) is 5. The fourth-order valence-electron chi connectivity index (χ4n) is 3.40. The van der Waals surface area contributed by atoms with Gasteiger partial charge < -0.3 is 5.11 Å². The lowest BCUT2D eigenvalue weighted by molar-refractivity contribution is 0.0697. The Morgan fingerprint density at radius 3 is 2.35 bits per heavy atom. The number of fused-ring (bicyclic) bond motifs is 1. The smallest absolute Gasteiger partial charge is 0.335 e. The maximum atomic E-state index is 12.8. The molecular weight excluding hydrogens is 422 g/mol. The summed E-state index contributed by atoms with van der Waals surface area (Å²) in [5.41, 5.74) is -0.530. The van der Waals surface area contributed by atoms with E-state index in [0.717, 1.165) is 17.4 Å². The maximum Gasteiger partial charge on any atom is 0.335 e. The average molecular weight is 443 g/mol. The molecule has 1 aliphatic carbocycles. The third-order valence-electron chi connectivity index (χ3n) is 5.54. The number of carboxylic acid groups (broad SMARTS) is 1. The van der Waals surface area contributed by atoms with Gasteiger partial charge in [0.25, 0.3) is 5.56 Å². The molecule has 1 heterocycles. The molecule has 1 aliphatic rings. The number of carboxylic acids is 1. The molecule has 10 heteroatoms. The van der Waals surface area contributed by atoms with Gasteiger partial charge in [0.15, 0.2) is 0 Å². The zero-order valence-electron chi connectivity index (χ0n) is 17.0. The Hall–Kier alpha value is -3.24. The molecule has 0 spiro atoms. The highest BCUT2D eigenvalue weighted by Crippen LogP contribution is 2.36. The van der Waals surface area contributed by atoms with Gasteiger partial charge in [0.1, 0.15) is 0 Å². The molecule has 0 aliphatic heterocycles. The van der Waals surface area contributed by atoms with Crippen LogP contribution in [0.5, 0.6) is 0 Å². The second kappa shape index (κ2) is 7.17. The lowest BCUT2D eigenvalue weighted by Crippen LogP contribution is -2.38. The molecule has 2 aromatic carbocycles. The first kappa shape index (κ1) is 21.0. The molecule has 0 unspecified atom stereocenters. The molecule has 4 rings (SSSR count). The Morgan fingerprint density at radius 2 is 1.77 bits per heavy atom. The molecule has 3 aromatic rings. The van der Waals surface area contributed by atoms with Crippen molar-refractivity contribution in [3.63, 3.8) is 0 Å². The van der Waals surface area contributed by atoms with Crippen molar-refractivity contribution in [2.24, 2.45) is 7.05 Å². The van der Waals surface area contributed by atoms with Crippen molar-refractivity contribution in [1.29, 1.82) is 0 Å². The molecule has 0 bridgehead atoms. The fourth-order valence-corrected chi connectivity index (χ4v) is 4.89. The number of aromatic nitrogens is 2. The summed E-state index contributed by atoms with van der Waals surface area (Å²) in [7, 11) is -2.48. The monoisotopic (exact) mass is 443 g/mol. The van der Waals surface area contributed by atoms with E-state index in [1.807, 2.05) is 6.92 Å². The van der Waals surface area contributed by atoms with Crippen molar-refractivity contribution in [1.82, 2.24) is 13.9 Å². The molecule has 0 atom stereocenters. The van der Waals surface area contributed by atoms with E-state index >= 15 is 0 Å². The Kier molecular flexibility index (Phi) is 4.86. The highest BCUT2D eigenvalue weighted by atomic mass is 32.2. The van der Waals surface area contributed by atoms with E-state index in [1.165, 1.54) is 41.9 Å². The second-order valence-corrected chi connectivity index (χ2v) is 9.76. The van der Waals surface area contributed by atoms with Gasteiger partial charge in [-0.1, -0.05) is 12.1 Å². The minimum absolute atomic E-state index is 0.0405. The number of nitrogens with zero attached hydrogens (tertiary/aromatic N) is 2. The number of rotatable bonds is 6. The maximum absolute atomic E-state index is 12.8. The van der Waals surface area contributed by atoms with Crippen molar-refractivity contribution in [2.45, 2.75) is 36.7 Å². The van der Waals surface area contributed by atoms with Crippen molar-refractivity contribution < 1.29 is 18.3 Å². The second-order valence-electron chi connectivity index (χ2n) is 8.08. The minimum atomic E-state index is -3.81. The third kappa shape index (κ3) is 3.91. The van der Waals surface area contributed by atoms with Crippen LogP contribution in [0.1, 0.15) is 35.7 Å². The molecule has 1 aromatic heterocycles. The summed E-state index contributed by atoms with van der Waals surface area (Å²) in [4.78, 5) is 36.5. The molecule has 0 saturated heterocycles. The molecule has 1 fully saturated rings. The van der Waals surface area contributed by atoms with Gasteiger partial charge >= 0.3 is 11.7 Å². The first-order chi connectivity index (χ1) is 14.5. The van der Waals surface area contributed by atoms with Gasteiger partial charge in [0.2, 0.25) is 10.0 Å². The number of hydrogen-bond donors (Lipinski definition) is 2. The van der Waals surface area contributed by atoms with Crippen LogP contribution in [0.3, 0.4) is 0 Å². The van der Waals surface area contributed by atoms with Crippen molar-refractivity contribution in [2.75, 3.05) is 0 Å². The lowest BCUT2D eigenvalue weighted by atomic mass is 10.1. The Bertz CT molecular complexity index is 1430. The number of carbonyl (C=O) groups is 1. The van der Waals surface area contributed by atoms with Crippen LogP contribution in [0.4, 0.5) is 0 Å². The lowest BCUT2D eigenvalue weighted by Gasteiger charge is -2.15. The van der Waals surface area contributed by atoms with E-state index < -0.39 is 32.8 Å². The van der Waals surface area contributed by atoms with E-state index in [2.05, 4.69) is 4.72 Å². The third-order valence-corrected chi connectivity index (χ3v) is 7.18. The highest BCUT2D eigenvalue weighted by Gasteiger charge is 2.41. The van der Waals surface area contributed by atoms with Crippen LogP contribution < -0.4 is 16.0 Å². The first-order valence-electron chi connectivity index (χ1n) is 9.61. The highest BCUT2D eigenvalue weighted by molar-refractivity contribution is 7.89. The van der Waals surface area contributed by atoms with E-state index in [9.17, 15) is 22.8 Å². The minimum Gasteiger partial charge on any atom is -0.478 e. The molecule has 31 heavy (non-hydrogen) atoms. The van der Waals surface area contributed by atoms with Crippen LogP contribution in [0.15, 0.2) is 56.9 Å². The summed E-state index contributed by atoms with van der Waals surface area (Å²) in [6.07, 6.45) is 1.50. The van der Waals surface area contributed by atoms with Gasteiger partial charge in [0, 0.05) is 12.6 Å². The molecular formula is C21H21N3O6S. The van der Waals surface area contributed by atoms with Crippen LogP contribution in [-0.2, 0) is 23.6 Å². The zero-order chi connectivity index (χ0) is 22.6. The SMILES string of the molecule is Cn1c(=O)c2cc(S(=O)(=O)NC3(C)CC3)ccc2n(Cc2ccc(C(=O)O)cc2)c1=O. The summed E-state index contributed by atoms with van der Waals surface area (Å²) in [5, 5.41) is 9.14. The predicted molar refractivity (Wildman–Crippen MR) is 114 cm³/mol. The summed E-state index contributed by atoms with van der Waals surface area (Å²) in [6.45, 7) is 1.91. The molecule has 162 valence electrons. The quantitative estimate of drug-likeness (QED) is 0.591. The normalized spacial score (nSPS) is 15.2. The van der Waals surface area contributed by atoms with Gasteiger partial charge in [0.05, 0.1) is 27.9 Å². The van der Waals surface area contributed by atoms with Crippen LogP contribution in [0, 0.1) is 0 Å². The Labute approximate surface area is 177 Å². The van der Waals surface area contributed by atoms with E-state index in [1.54, 1.807) is 12.1 Å². The summed E-state index contributed by atoms with van der Waals surface area (Å²) >= 11 is 0. The number of sulfonamides is 1. The van der Waals surface area contributed by atoms with Gasteiger partial charge in [-0.05, 0) is 55.7 Å². The standard InChI is InChI=1S/C21H21N3O6S/c1-21(9-10-21)22-31(29,30)15-7-8-17-16(11-15)18(25)23(2)20(28)24(17)12-13-3-5-14(6-4-13)19(26)27/h3-8,11,22H,9-10,12H2,1-2H3,(H,26,27). The van der Waals surface area contributed by atoms with Gasteiger partial charge in [-0.3, -0.25) is 13.9 Å². The van der Waals surface area contributed by atoms with Gasteiger partial charge in [-0.2, -0.15) is 0 Å². The molecule has 0 amide bonds. The molecule has 9 nitrogen and oxygen atoms in total. The summed E-state index contributed by atoms with van der Waals surface area (Å²) in [6, 6.07) is 10.2. The Morgan fingerprint density at radius 1 is 1.13 bits per heavy atom. The first-order valence-corrected chi connectivity index (χ1v) is 11.1. The van der Waals surface area contributed by atoms with Crippen molar-refractivity contribution in [3.8, 4) is 0 Å². The van der Waals surface area contributed by atoms with E-state index in [-0.39, 0.29) is 22.4 Å². The topological polar surface area (TPSA) is 127 Å². The van der Waals surface area contributed by atoms with Crippen LogP contribution >= 0.6 is 0 Å². The fraction of sp³-hybridized carbons (Fsp3) is 0.286. The van der Waals surface area contributed by atoms with E-state index in [0.29, 0.717) is 11.1 Å². The van der Waals surface area contributed by atoms with Gasteiger partial charge in [-0.25, -0.2) is 22.7 Å². The van der Waals surface area contributed by atoms with E-state index in [4.69, 9.17) is 5.11 Å². The zero-order valence-corrected chi connectivity index (χ0v) is 17.8. The number of nitrogens with one attached hydrogen (secondary N) is 1. The van der Waals surface area contributed by atoms with Crippen LogP contribution in [0.25, 0.3) is 10.9 Å². The average Bonchev–Trinajstić information content (AvgIpc) is 3.45. The molecule has 2 N–H and O–H groups in total. The van der Waals surface area contributed by atoms with Crippen LogP contribution in [-0.4, -0.2) is 34.2 Å². The molecule has 0 radical (unpaired) electrons. The number of benzene rings is 2.